The van der Waals surface area contributed by atoms with E-state index in [0.29, 0.717) is 19.7 Å². The smallest absolute Gasteiger partial charge is 0.310 e. The minimum absolute atomic E-state index is 0.113. The van der Waals surface area contributed by atoms with Gasteiger partial charge in [0.1, 0.15) is 5.82 Å². The molecule has 0 spiro atoms. The first-order valence-corrected chi connectivity index (χ1v) is 8.03. The number of para-hydroxylation sites is 1. The monoisotopic (exact) mass is 322 g/mol. The van der Waals surface area contributed by atoms with Gasteiger partial charge in [-0.15, -0.1) is 0 Å². The highest BCUT2D eigenvalue weighted by Gasteiger charge is 2.26. The number of amides is 1. The van der Waals surface area contributed by atoms with Crippen molar-refractivity contribution in [1.29, 1.82) is 0 Å². The van der Waals surface area contributed by atoms with Crippen LogP contribution in [-0.4, -0.2) is 43.0 Å². The van der Waals surface area contributed by atoms with Crippen LogP contribution in [0, 0.1) is 11.7 Å². The molecule has 1 saturated heterocycles. The molecule has 0 aliphatic carbocycles. The molecule has 0 aromatic heterocycles. The number of piperidine rings is 1. The third-order valence-corrected chi connectivity index (χ3v) is 3.93. The first-order chi connectivity index (χ1) is 11.1. The van der Waals surface area contributed by atoms with E-state index in [4.69, 9.17) is 4.74 Å². The van der Waals surface area contributed by atoms with E-state index in [1.165, 1.54) is 12.1 Å². The molecule has 1 unspecified atom stereocenters. The Morgan fingerprint density at radius 1 is 1.39 bits per heavy atom. The molecule has 1 N–H and O–H groups in total. The summed E-state index contributed by atoms with van der Waals surface area (Å²) in [5, 5.41) is 2.57. The van der Waals surface area contributed by atoms with Gasteiger partial charge < -0.3 is 15.0 Å². The fraction of sp³-hybridized carbons (Fsp3) is 0.529. The number of rotatable bonds is 6. The van der Waals surface area contributed by atoms with E-state index in [-0.39, 0.29) is 29.9 Å². The van der Waals surface area contributed by atoms with E-state index >= 15 is 0 Å². The normalized spacial score (nSPS) is 18.4. The van der Waals surface area contributed by atoms with Gasteiger partial charge in [0.15, 0.2) is 0 Å². The Labute approximate surface area is 135 Å². The van der Waals surface area contributed by atoms with Crippen LogP contribution in [0.4, 0.5) is 10.1 Å². The molecule has 1 amide bonds. The third-order valence-electron chi connectivity index (χ3n) is 3.93. The molecule has 1 aliphatic heterocycles. The molecule has 1 fully saturated rings. The van der Waals surface area contributed by atoms with Crippen molar-refractivity contribution in [2.75, 3.05) is 31.6 Å². The van der Waals surface area contributed by atoms with Crippen molar-refractivity contribution in [2.24, 2.45) is 5.92 Å². The molecule has 1 aromatic carbocycles. The summed E-state index contributed by atoms with van der Waals surface area (Å²) in [6, 6.07) is 6.09. The molecule has 1 heterocycles. The highest BCUT2D eigenvalue weighted by atomic mass is 19.1. The van der Waals surface area contributed by atoms with Crippen molar-refractivity contribution in [1.82, 2.24) is 4.90 Å². The van der Waals surface area contributed by atoms with Crippen molar-refractivity contribution < 1.29 is 18.7 Å². The van der Waals surface area contributed by atoms with Crippen molar-refractivity contribution in [3.63, 3.8) is 0 Å². The average Bonchev–Trinajstić information content (AvgIpc) is 2.56. The predicted octanol–water partition coefficient (Wildman–Crippen LogP) is 2.43. The lowest BCUT2D eigenvalue weighted by atomic mass is 9.98. The van der Waals surface area contributed by atoms with Gasteiger partial charge in [0, 0.05) is 19.5 Å². The number of nitrogens with zero attached hydrogens (tertiary/aromatic N) is 1. The number of benzene rings is 1. The van der Waals surface area contributed by atoms with Crippen LogP contribution < -0.4 is 5.32 Å². The molecule has 1 aliphatic rings. The van der Waals surface area contributed by atoms with E-state index in [9.17, 15) is 14.0 Å². The van der Waals surface area contributed by atoms with Crippen LogP contribution in [0.1, 0.15) is 26.2 Å². The van der Waals surface area contributed by atoms with Gasteiger partial charge in [-0.3, -0.25) is 9.59 Å². The Hall–Kier alpha value is -1.95. The number of esters is 1. The first kappa shape index (κ1) is 17.4. The summed E-state index contributed by atoms with van der Waals surface area (Å²) >= 11 is 0. The van der Waals surface area contributed by atoms with E-state index < -0.39 is 5.82 Å². The number of likely N-dealkylation sites (tertiary alicyclic amines) is 1. The Bertz CT molecular complexity index is 550. The number of carbonyl (C=O) groups excluding carboxylic acids is 2. The number of anilines is 1. The highest BCUT2D eigenvalue weighted by Crippen LogP contribution is 2.18. The fourth-order valence-corrected chi connectivity index (χ4v) is 2.75. The van der Waals surface area contributed by atoms with Crippen molar-refractivity contribution in [2.45, 2.75) is 26.2 Å². The Morgan fingerprint density at radius 2 is 2.17 bits per heavy atom. The lowest BCUT2D eigenvalue weighted by Crippen LogP contribution is -2.40. The first-order valence-electron chi connectivity index (χ1n) is 8.03. The molecule has 0 radical (unpaired) electrons. The minimum Gasteiger partial charge on any atom is -0.466 e. The molecule has 126 valence electrons. The maximum absolute atomic E-state index is 13.5. The Morgan fingerprint density at radius 3 is 2.91 bits per heavy atom. The van der Waals surface area contributed by atoms with Gasteiger partial charge in [0.05, 0.1) is 18.2 Å². The van der Waals surface area contributed by atoms with Crippen molar-refractivity contribution >= 4 is 17.6 Å². The summed E-state index contributed by atoms with van der Waals surface area (Å²) < 4.78 is 18.5. The van der Waals surface area contributed by atoms with Gasteiger partial charge in [-0.2, -0.15) is 0 Å². The quantitative estimate of drug-likeness (QED) is 0.817. The zero-order valence-corrected chi connectivity index (χ0v) is 13.4. The van der Waals surface area contributed by atoms with Crippen LogP contribution in [-0.2, 0) is 14.3 Å². The molecule has 1 aromatic rings. The summed E-state index contributed by atoms with van der Waals surface area (Å²) in [6.45, 7) is 4.22. The predicted molar refractivity (Wildman–Crippen MR) is 85.4 cm³/mol. The number of nitrogens with one attached hydrogen (secondary N) is 1. The molecule has 5 nitrogen and oxygen atoms in total. The van der Waals surface area contributed by atoms with Gasteiger partial charge in [-0.25, -0.2) is 4.39 Å². The summed E-state index contributed by atoms with van der Waals surface area (Å²) in [6.07, 6.45) is 2.01. The van der Waals surface area contributed by atoms with Crippen LogP contribution in [0.15, 0.2) is 24.3 Å². The standard InChI is InChI=1S/C17H23FN2O3/c1-2-23-17(22)13-6-5-10-20(12-13)11-9-16(21)19-15-8-4-3-7-14(15)18/h3-4,7-8,13H,2,5-6,9-12H2,1H3,(H,19,21). The van der Waals surface area contributed by atoms with Crippen LogP contribution in [0.3, 0.4) is 0 Å². The molecule has 23 heavy (non-hydrogen) atoms. The van der Waals surface area contributed by atoms with Crippen LogP contribution in [0.2, 0.25) is 0 Å². The van der Waals surface area contributed by atoms with Crippen LogP contribution >= 0.6 is 0 Å². The van der Waals surface area contributed by atoms with E-state index in [0.717, 1.165) is 19.4 Å². The number of carbonyl (C=O) groups is 2. The van der Waals surface area contributed by atoms with Gasteiger partial charge in [-0.1, -0.05) is 12.1 Å². The van der Waals surface area contributed by atoms with Crippen LogP contribution in [0.5, 0.6) is 0 Å². The maximum atomic E-state index is 13.5. The van der Waals surface area contributed by atoms with E-state index in [2.05, 4.69) is 10.2 Å². The van der Waals surface area contributed by atoms with E-state index in [1.807, 2.05) is 0 Å². The summed E-state index contributed by atoms with van der Waals surface area (Å²) in [5.74, 6) is -0.944. The molecular formula is C17H23FN2O3. The largest absolute Gasteiger partial charge is 0.466 e. The topological polar surface area (TPSA) is 58.6 Å². The lowest BCUT2D eigenvalue weighted by Gasteiger charge is -2.31. The molecule has 1 atom stereocenters. The van der Waals surface area contributed by atoms with Crippen molar-refractivity contribution in [3.05, 3.63) is 30.1 Å². The fourth-order valence-electron chi connectivity index (χ4n) is 2.75. The highest BCUT2D eigenvalue weighted by molar-refractivity contribution is 5.90. The number of ether oxygens (including phenoxy) is 1. The summed E-state index contributed by atoms with van der Waals surface area (Å²) in [7, 11) is 0. The number of hydrogen-bond donors (Lipinski definition) is 1. The molecular weight excluding hydrogens is 299 g/mol. The van der Waals surface area contributed by atoms with E-state index in [1.54, 1.807) is 19.1 Å². The number of hydrogen-bond acceptors (Lipinski definition) is 4. The lowest BCUT2D eigenvalue weighted by molar-refractivity contribution is -0.149. The van der Waals surface area contributed by atoms with Crippen LogP contribution in [0.25, 0.3) is 0 Å². The van der Waals surface area contributed by atoms with Gasteiger partial charge in [0.2, 0.25) is 5.91 Å². The molecule has 0 bridgehead atoms. The SMILES string of the molecule is CCOC(=O)C1CCCN(CCC(=O)Nc2ccccc2F)C1. The van der Waals surface area contributed by atoms with Gasteiger partial charge in [-0.05, 0) is 38.4 Å². The Balaban J connectivity index is 1.77. The second kappa shape index (κ2) is 8.62. The van der Waals surface area contributed by atoms with Gasteiger partial charge >= 0.3 is 5.97 Å². The van der Waals surface area contributed by atoms with Gasteiger partial charge in [0.25, 0.3) is 0 Å². The minimum atomic E-state index is -0.443. The average molecular weight is 322 g/mol. The maximum Gasteiger partial charge on any atom is 0.310 e. The molecule has 2 rings (SSSR count). The van der Waals surface area contributed by atoms with Crippen molar-refractivity contribution in [3.8, 4) is 0 Å². The second-order valence-electron chi connectivity index (χ2n) is 5.67. The Kier molecular flexibility index (Phi) is 6.52. The number of halogens is 1. The summed E-state index contributed by atoms with van der Waals surface area (Å²) in [5.41, 5.74) is 0.195. The zero-order valence-electron chi connectivity index (χ0n) is 13.4. The molecule has 6 heteroatoms. The molecule has 0 saturated carbocycles. The zero-order chi connectivity index (χ0) is 16.7. The summed E-state index contributed by atoms with van der Waals surface area (Å²) in [4.78, 5) is 25.8. The second-order valence-corrected chi connectivity index (χ2v) is 5.67. The third kappa shape index (κ3) is 5.32.